The molecule has 18 heteroatoms. The van der Waals surface area contributed by atoms with Crippen LogP contribution >= 0.6 is 0 Å². The molecule has 6 atom stereocenters. The van der Waals surface area contributed by atoms with Gasteiger partial charge >= 0.3 is 42.7 Å². The summed E-state index contributed by atoms with van der Waals surface area (Å²) in [6, 6.07) is 49.3. The van der Waals surface area contributed by atoms with Crippen molar-refractivity contribution in [3.63, 3.8) is 0 Å². The minimum atomic E-state index is -0.163. The van der Waals surface area contributed by atoms with Crippen LogP contribution in [0.5, 0.6) is 0 Å². The van der Waals surface area contributed by atoms with Gasteiger partial charge in [0.25, 0.3) is 0 Å². The summed E-state index contributed by atoms with van der Waals surface area (Å²) < 4.78 is 66.9. The summed E-state index contributed by atoms with van der Waals surface area (Å²) in [6.45, 7) is 29.1. The molecule has 6 fully saturated rings. The standard InChI is InChI=1S/3C11H15BO2.2C10H13BO2.C9H11BO2/c3*1-8-4-9(2)6-11(5-8)12-13-7-10(3)14-12;2*1-2-10-8-12-11(13-10)9-6-4-3-5-7-9;1-8-7-11-10(12-8)9-5-3-2-4-6-9/h3*4-6,10H,7H2,1-3H3;2*3-7,10H,2,8H2,1H3;2-6,8H,7H2,1H3. The molecule has 80 heavy (non-hydrogen) atoms. The van der Waals surface area contributed by atoms with Crippen LogP contribution in [0.2, 0.25) is 0 Å². The quantitative estimate of drug-likeness (QED) is 0.141. The highest BCUT2D eigenvalue weighted by molar-refractivity contribution is 6.64. The Kier molecular flexibility index (Phi) is 25.3. The summed E-state index contributed by atoms with van der Waals surface area (Å²) in [4.78, 5) is 0. The van der Waals surface area contributed by atoms with E-state index in [4.69, 9.17) is 55.9 Å². The fourth-order valence-corrected chi connectivity index (χ4v) is 9.69. The van der Waals surface area contributed by atoms with Crippen molar-refractivity contribution >= 4 is 75.5 Å². The molecule has 6 aromatic carbocycles. The zero-order valence-corrected chi connectivity index (χ0v) is 49.3. The molecule has 6 aromatic rings. The first-order valence-electron chi connectivity index (χ1n) is 28.6. The molecule has 0 bridgehead atoms. The highest BCUT2D eigenvalue weighted by Crippen LogP contribution is 2.15. The lowest BCUT2D eigenvalue weighted by atomic mass is 9.78. The van der Waals surface area contributed by atoms with E-state index in [1.807, 2.05) is 119 Å². The minimum absolute atomic E-state index is 0.147. The highest BCUT2D eigenvalue weighted by atomic mass is 16.7. The van der Waals surface area contributed by atoms with Gasteiger partial charge in [0.15, 0.2) is 0 Å². The zero-order valence-electron chi connectivity index (χ0n) is 49.3. The maximum absolute atomic E-state index is 5.67. The first-order valence-corrected chi connectivity index (χ1v) is 28.6. The molecule has 12 rings (SSSR count). The second-order valence-electron chi connectivity index (χ2n) is 21.6. The molecule has 0 saturated carbocycles. The summed E-state index contributed by atoms with van der Waals surface area (Å²) in [7, 11) is -0.936. The summed E-state index contributed by atoms with van der Waals surface area (Å²) in [6.07, 6.45) is 3.42. The van der Waals surface area contributed by atoms with Crippen LogP contribution < -0.4 is 32.8 Å². The fraction of sp³-hybridized carbons (Fsp3) is 0.419. The average Bonchev–Trinajstić information content (AvgIpc) is 4.34. The van der Waals surface area contributed by atoms with E-state index in [0.717, 1.165) is 58.8 Å². The van der Waals surface area contributed by atoms with Crippen LogP contribution in [0.15, 0.2) is 146 Å². The smallest absolute Gasteiger partial charge is 0.405 e. The van der Waals surface area contributed by atoms with Crippen molar-refractivity contribution in [2.24, 2.45) is 0 Å². The van der Waals surface area contributed by atoms with Crippen molar-refractivity contribution in [2.45, 2.75) is 133 Å². The van der Waals surface area contributed by atoms with E-state index in [0.29, 0.717) is 26.4 Å². The Morgan fingerprint density at radius 2 is 0.500 bits per heavy atom. The first-order chi connectivity index (χ1) is 38.6. The minimum Gasteiger partial charge on any atom is -0.405 e. The third kappa shape index (κ3) is 20.3. The van der Waals surface area contributed by atoms with Crippen LogP contribution in [0.25, 0.3) is 0 Å². The van der Waals surface area contributed by atoms with E-state index in [9.17, 15) is 0 Å². The molecule has 0 aliphatic carbocycles. The SMILES string of the molecule is CC1COB(c2ccccc2)O1.CCC1COB(c2ccccc2)O1.CCC1COB(c2ccccc2)O1.Cc1cc(C)cc(B2OCC(C)O2)c1.Cc1cc(C)cc(B2OCC(C)O2)c1.Cc1cc(C)cc(B2OCC(C)O2)c1. The van der Waals surface area contributed by atoms with E-state index in [-0.39, 0.29) is 79.3 Å². The van der Waals surface area contributed by atoms with Crippen molar-refractivity contribution in [3.8, 4) is 0 Å². The van der Waals surface area contributed by atoms with Crippen molar-refractivity contribution < 1.29 is 55.9 Å². The van der Waals surface area contributed by atoms with Gasteiger partial charge in [0, 0.05) is 0 Å². The Hall–Kier alpha value is -4.77. The van der Waals surface area contributed by atoms with E-state index in [1.165, 1.54) is 33.4 Å². The van der Waals surface area contributed by atoms with Gasteiger partial charge in [-0.15, -0.1) is 0 Å². The maximum atomic E-state index is 5.67. The maximum Gasteiger partial charge on any atom is 0.494 e. The largest absolute Gasteiger partial charge is 0.494 e. The number of benzene rings is 6. The summed E-state index contributed by atoms with van der Waals surface area (Å²) in [5, 5.41) is 0. The predicted octanol–water partition coefficient (Wildman–Crippen LogP) is 7.53. The number of rotatable bonds is 8. The third-order valence-electron chi connectivity index (χ3n) is 13.5. The van der Waals surface area contributed by atoms with Gasteiger partial charge in [-0.05, 0) is 115 Å². The van der Waals surface area contributed by atoms with Gasteiger partial charge in [-0.1, -0.05) is 193 Å². The number of hydrogen-bond donors (Lipinski definition) is 0. The second kappa shape index (κ2) is 32.2. The van der Waals surface area contributed by atoms with Gasteiger partial charge in [-0.2, -0.15) is 0 Å². The molecule has 6 heterocycles. The van der Waals surface area contributed by atoms with Crippen LogP contribution in [0.1, 0.15) is 87.8 Å². The molecule has 12 nitrogen and oxygen atoms in total. The van der Waals surface area contributed by atoms with Crippen molar-refractivity contribution in [1.29, 1.82) is 0 Å². The van der Waals surface area contributed by atoms with E-state index in [1.54, 1.807) is 0 Å². The Labute approximate surface area is 480 Å². The second-order valence-corrected chi connectivity index (χ2v) is 21.6. The topological polar surface area (TPSA) is 111 Å². The van der Waals surface area contributed by atoms with Gasteiger partial charge in [-0.25, -0.2) is 0 Å². The van der Waals surface area contributed by atoms with Gasteiger partial charge in [-0.3, -0.25) is 0 Å². The molecular formula is C62H82B6O12. The summed E-state index contributed by atoms with van der Waals surface area (Å²) >= 11 is 0. The van der Waals surface area contributed by atoms with Crippen molar-refractivity contribution in [2.75, 3.05) is 39.6 Å². The number of aryl methyl sites for hydroxylation is 6. The molecule has 6 aliphatic heterocycles. The third-order valence-corrected chi connectivity index (χ3v) is 13.5. The summed E-state index contributed by atoms with van der Waals surface area (Å²) in [5.41, 5.74) is 14.2. The molecule has 0 aromatic heterocycles. The Bertz CT molecular complexity index is 2470. The average molecular weight is 1080 g/mol. The number of hydrogen-bond acceptors (Lipinski definition) is 12. The monoisotopic (exact) mass is 1080 g/mol. The molecule has 0 N–H and O–H groups in total. The van der Waals surface area contributed by atoms with E-state index in [2.05, 4.69) is 110 Å². The van der Waals surface area contributed by atoms with Crippen LogP contribution in [-0.4, -0.2) is 119 Å². The Balaban J connectivity index is 0.000000139. The molecule has 6 unspecified atom stereocenters. The van der Waals surface area contributed by atoms with Crippen LogP contribution in [0.3, 0.4) is 0 Å². The van der Waals surface area contributed by atoms with Crippen LogP contribution in [0.4, 0.5) is 0 Å². The van der Waals surface area contributed by atoms with E-state index < -0.39 is 0 Å². The lowest BCUT2D eigenvalue weighted by Gasteiger charge is -2.07. The highest BCUT2D eigenvalue weighted by Gasteiger charge is 2.35. The first kappa shape index (κ1) is 62.8. The molecule has 420 valence electrons. The molecule has 6 saturated heterocycles. The zero-order chi connectivity index (χ0) is 57.0. The lowest BCUT2D eigenvalue weighted by Crippen LogP contribution is -2.32. The molecule has 6 aliphatic rings. The van der Waals surface area contributed by atoms with Crippen LogP contribution in [0, 0.1) is 41.5 Å². The van der Waals surface area contributed by atoms with Gasteiger partial charge in [0.1, 0.15) is 0 Å². The summed E-state index contributed by atoms with van der Waals surface area (Å²) in [5.74, 6) is 0. The van der Waals surface area contributed by atoms with Crippen molar-refractivity contribution in [3.05, 3.63) is 179 Å². The molecule has 0 radical (unpaired) electrons. The predicted molar refractivity (Wildman–Crippen MR) is 328 cm³/mol. The molecular weight excluding hydrogens is 1000 g/mol. The molecule has 0 amide bonds. The normalized spacial score (nSPS) is 22.1. The van der Waals surface area contributed by atoms with Crippen molar-refractivity contribution in [1.82, 2.24) is 0 Å². The van der Waals surface area contributed by atoms with Gasteiger partial charge in [0.05, 0.1) is 76.3 Å². The molecule has 0 spiro atoms. The van der Waals surface area contributed by atoms with Crippen LogP contribution in [-0.2, 0) is 55.9 Å². The Morgan fingerprint density at radius 3 is 0.700 bits per heavy atom. The Morgan fingerprint density at radius 1 is 0.287 bits per heavy atom. The lowest BCUT2D eigenvalue weighted by molar-refractivity contribution is 0.230. The van der Waals surface area contributed by atoms with E-state index >= 15 is 0 Å². The van der Waals surface area contributed by atoms with Gasteiger partial charge < -0.3 is 55.9 Å². The fourth-order valence-electron chi connectivity index (χ4n) is 9.69. The van der Waals surface area contributed by atoms with Gasteiger partial charge in [0.2, 0.25) is 0 Å².